The summed E-state index contributed by atoms with van der Waals surface area (Å²) in [6.07, 6.45) is 0. The zero-order valence-corrected chi connectivity index (χ0v) is 23.2. The van der Waals surface area contributed by atoms with Crippen molar-refractivity contribution in [3.05, 3.63) is 146 Å². The highest BCUT2D eigenvalue weighted by atomic mass is 16.3. The molecule has 0 aliphatic rings. The SMILES string of the molecule is c1ccc(-c2nc(-c3ccc4oc5ccccc5c4c3)cc(-c3c4ccccc4cc4ccc5ccccc5c34)n2)cc1. The lowest BCUT2D eigenvalue weighted by Gasteiger charge is -2.16. The average molecular weight is 549 g/mol. The number of nitrogens with zero attached hydrogens (tertiary/aromatic N) is 2. The predicted octanol–water partition coefficient (Wildman–Crippen LogP) is 10.8. The van der Waals surface area contributed by atoms with E-state index in [0.29, 0.717) is 5.82 Å². The number of fused-ring (bicyclic) bond motifs is 7. The maximum absolute atomic E-state index is 6.13. The van der Waals surface area contributed by atoms with Gasteiger partial charge in [0.05, 0.1) is 11.4 Å². The van der Waals surface area contributed by atoms with E-state index < -0.39 is 0 Å². The summed E-state index contributed by atoms with van der Waals surface area (Å²) in [6.45, 7) is 0. The van der Waals surface area contributed by atoms with E-state index in [0.717, 1.165) is 50.0 Å². The Hall–Kier alpha value is -5.80. The van der Waals surface area contributed by atoms with Crippen LogP contribution in [-0.2, 0) is 0 Å². The molecular weight excluding hydrogens is 524 g/mol. The van der Waals surface area contributed by atoms with E-state index in [9.17, 15) is 0 Å². The third-order valence-electron chi connectivity index (χ3n) is 8.44. The second kappa shape index (κ2) is 9.37. The minimum absolute atomic E-state index is 0.701. The van der Waals surface area contributed by atoms with Gasteiger partial charge in [0.15, 0.2) is 5.82 Å². The number of para-hydroxylation sites is 1. The number of aromatic nitrogens is 2. The molecule has 2 heterocycles. The van der Waals surface area contributed by atoms with Gasteiger partial charge in [-0.15, -0.1) is 0 Å². The third kappa shape index (κ3) is 3.83. The second-order valence-corrected chi connectivity index (χ2v) is 11.0. The Morgan fingerprint density at radius 2 is 1.07 bits per heavy atom. The Morgan fingerprint density at radius 1 is 0.395 bits per heavy atom. The summed E-state index contributed by atoms with van der Waals surface area (Å²) < 4.78 is 6.13. The van der Waals surface area contributed by atoms with Crippen molar-refractivity contribution in [3.8, 4) is 33.9 Å². The van der Waals surface area contributed by atoms with Crippen LogP contribution in [0.15, 0.2) is 150 Å². The third-order valence-corrected chi connectivity index (χ3v) is 8.44. The largest absolute Gasteiger partial charge is 0.456 e. The van der Waals surface area contributed by atoms with Gasteiger partial charge in [0.1, 0.15) is 11.2 Å². The van der Waals surface area contributed by atoms with Gasteiger partial charge in [-0.1, -0.05) is 109 Å². The molecule has 43 heavy (non-hydrogen) atoms. The molecule has 0 bridgehead atoms. The van der Waals surface area contributed by atoms with Gasteiger partial charge in [-0.2, -0.15) is 0 Å². The molecule has 0 N–H and O–H groups in total. The number of hydrogen-bond acceptors (Lipinski definition) is 3. The molecule has 9 aromatic rings. The van der Waals surface area contributed by atoms with Crippen molar-refractivity contribution >= 4 is 54.3 Å². The van der Waals surface area contributed by atoms with Crippen LogP contribution in [0.2, 0.25) is 0 Å². The predicted molar refractivity (Wildman–Crippen MR) is 178 cm³/mol. The summed E-state index contributed by atoms with van der Waals surface area (Å²) in [5, 5.41) is 9.37. The molecule has 0 saturated heterocycles. The van der Waals surface area contributed by atoms with Crippen LogP contribution in [0.3, 0.4) is 0 Å². The van der Waals surface area contributed by atoms with Crippen LogP contribution in [-0.4, -0.2) is 9.97 Å². The van der Waals surface area contributed by atoms with E-state index in [1.54, 1.807) is 0 Å². The molecule has 0 saturated carbocycles. The lowest BCUT2D eigenvalue weighted by Crippen LogP contribution is -1.97. The quantitative estimate of drug-likeness (QED) is 0.163. The average Bonchev–Trinajstić information content (AvgIpc) is 3.45. The number of benzene rings is 7. The molecular formula is C40H24N2O. The zero-order valence-electron chi connectivity index (χ0n) is 23.2. The molecule has 0 aliphatic carbocycles. The maximum Gasteiger partial charge on any atom is 0.160 e. The van der Waals surface area contributed by atoms with E-state index in [2.05, 4.69) is 115 Å². The summed E-state index contributed by atoms with van der Waals surface area (Å²) in [5.41, 5.74) is 6.66. The van der Waals surface area contributed by atoms with Gasteiger partial charge in [-0.25, -0.2) is 9.97 Å². The fraction of sp³-hybridized carbons (Fsp3) is 0. The normalized spacial score (nSPS) is 11.7. The molecule has 3 heteroatoms. The van der Waals surface area contributed by atoms with Gasteiger partial charge in [-0.05, 0) is 68.7 Å². The number of hydrogen-bond donors (Lipinski definition) is 0. The van der Waals surface area contributed by atoms with E-state index >= 15 is 0 Å². The van der Waals surface area contributed by atoms with Gasteiger partial charge in [0.25, 0.3) is 0 Å². The Labute approximate surface area is 247 Å². The van der Waals surface area contributed by atoms with Crippen LogP contribution in [0, 0.1) is 0 Å². The van der Waals surface area contributed by atoms with Crippen molar-refractivity contribution in [2.45, 2.75) is 0 Å². The van der Waals surface area contributed by atoms with Crippen molar-refractivity contribution in [2.75, 3.05) is 0 Å². The molecule has 2 aromatic heterocycles. The number of furan rings is 1. The summed E-state index contributed by atoms with van der Waals surface area (Å²) >= 11 is 0. The van der Waals surface area contributed by atoms with Crippen LogP contribution in [0.25, 0.3) is 88.2 Å². The standard InChI is InChI=1S/C40H24N2O/c1-2-11-26(12-3-1)40-41-34(28-20-21-37-33(23-28)32-16-8-9-17-36(32)43-37)24-35(42-40)39-31-15-7-5-13-27(31)22-29-19-18-25-10-4-6-14-30(25)38(29)39/h1-24H. The molecule has 0 fully saturated rings. The Bertz CT molecular complexity index is 2510. The van der Waals surface area contributed by atoms with E-state index in [1.165, 1.54) is 32.3 Å². The monoisotopic (exact) mass is 548 g/mol. The molecule has 0 unspecified atom stereocenters. The summed E-state index contributed by atoms with van der Waals surface area (Å²) in [4.78, 5) is 10.4. The Morgan fingerprint density at radius 3 is 1.95 bits per heavy atom. The summed E-state index contributed by atoms with van der Waals surface area (Å²) in [5.74, 6) is 0.701. The van der Waals surface area contributed by atoms with Gasteiger partial charge in [0.2, 0.25) is 0 Å². The topological polar surface area (TPSA) is 38.9 Å². The van der Waals surface area contributed by atoms with E-state index in [-0.39, 0.29) is 0 Å². The van der Waals surface area contributed by atoms with Crippen LogP contribution in [0.5, 0.6) is 0 Å². The molecule has 0 amide bonds. The lowest BCUT2D eigenvalue weighted by atomic mass is 9.90. The van der Waals surface area contributed by atoms with Gasteiger partial charge in [-0.3, -0.25) is 0 Å². The van der Waals surface area contributed by atoms with E-state index in [1.807, 2.05) is 30.3 Å². The van der Waals surface area contributed by atoms with Crippen LogP contribution in [0.4, 0.5) is 0 Å². The van der Waals surface area contributed by atoms with E-state index in [4.69, 9.17) is 14.4 Å². The first-order valence-electron chi connectivity index (χ1n) is 14.5. The van der Waals surface area contributed by atoms with Crippen molar-refractivity contribution < 1.29 is 4.42 Å². The fourth-order valence-electron chi connectivity index (χ4n) is 6.43. The molecule has 0 radical (unpaired) electrons. The van der Waals surface area contributed by atoms with Crippen LogP contribution >= 0.6 is 0 Å². The first kappa shape index (κ1) is 23.9. The minimum Gasteiger partial charge on any atom is -0.456 e. The number of rotatable bonds is 3. The van der Waals surface area contributed by atoms with Crippen molar-refractivity contribution in [1.82, 2.24) is 9.97 Å². The Kier molecular flexibility index (Phi) is 5.20. The highest BCUT2D eigenvalue weighted by Gasteiger charge is 2.18. The summed E-state index contributed by atoms with van der Waals surface area (Å²) in [7, 11) is 0. The fourth-order valence-corrected chi connectivity index (χ4v) is 6.43. The highest BCUT2D eigenvalue weighted by Crippen LogP contribution is 2.41. The lowest BCUT2D eigenvalue weighted by molar-refractivity contribution is 0.669. The molecule has 3 nitrogen and oxygen atoms in total. The van der Waals surface area contributed by atoms with Gasteiger partial charge in [0, 0.05) is 27.5 Å². The smallest absolute Gasteiger partial charge is 0.160 e. The van der Waals surface area contributed by atoms with Crippen LogP contribution < -0.4 is 0 Å². The highest BCUT2D eigenvalue weighted by molar-refractivity contribution is 6.21. The molecule has 7 aromatic carbocycles. The van der Waals surface area contributed by atoms with Crippen molar-refractivity contribution in [2.24, 2.45) is 0 Å². The molecule has 0 atom stereocenters. The second-order valence-electron chi connectivity index (χ2n) is 11.0. The molecule has 0 spiro atoms. The first-order valence-corrected chi connectivity index (χ1v) is 14.5. The minimum atomic E-state index is 0.701. The first-order chi connectivity index (χ1) is 21.3. The maximum atomic E-state index is 6.13. The molecule has 200 valence electrons. The van der Waals surface area contributed by atoms with Gasteiger partial charge < -0.3 is 4.42 Å². The molecule has 9 rings (SSSR count). The van der Waals surface area contributed by atoms with Crippen molar-refractivity contribution in [3.63, 3.8) is 0 Å². The zero-order chi connectivity index (χ0) is 28.3. The summed E-state index contributed by atoms with van der Waals surface area (Å²) in [6, 6.07) is 50.9. The van der Waals surface area contributed by atoms with Crippen LogP contribution in [0.1, 0.15) is 0 Å². The Balaban J connectivity index is 1.39. The van der Waals surface area contributed by atoms with Crippen molar-refractivity contribution in [1.29, 1.82) is 0 Å². The van der Waals surface area contributed by atoms with Gasteiger partial charge >= 0.3 is 0 Å². The molecule has 0 aliphatic heterocycles.